The van der Waals surface area contributed by atoms with Crippen LogP contribution in [0.5, 0.6) is 0 Å². The van der Waals surface area contributed by atoms with Crippen LogP contribution >= 0.6 is 0 Å². The second-order valence-corrected chi connectivity index (χ2v) is 30.6. The quantitative estimate of drug-likeness (QED) is 0.0447. The van der Waals surface area contributed by atoms with E-state index in [9.17, 15) is 71.9 Å². The summed E-state index contributed by atoms with van der Waals surface area (Å²) in [6, 6.07) is 18.6. The largest absolute Gasteiger partial charge is 0.349 e. The maximum atomic E-state index is 14.1. The van der Waals surface area contributed by atoms with Crippen molar-refractivity contribution in [2.24, 2.45) is 100 Å². The molecule has 21 nitrogen and oxygen atoms in total. The first-order chi connectivity index (χ1) is 48.3. The average Bonchev–Trinajstić information content (AvgIpc) is 0.848. The molecule has 2 aromatic carbocycles. The number of nitrogens with zero attached hydrogens (tertiary/aromatic N) is 2. The first kappa shape index (κ1) is 93.8. The third-order valence-corrected chi connectivity index (χ3v) is 19.5. The highest BCUT2D eigenvalue weighted by Crippen LogP contribution is 2.32. The Bertz CT molecular complexity index is 3070. The Kier molecular flexibility index (Phi) is 45.8. The number of carbonyl (C=O) groups excluding carboxylic acids is 15. The van der Waals surface area contributed by atoms with E-state index in [1.165, 1.54) is 44.7 Å². The number of carbonyl (C=O) groups is 15. The van der Waals surface area contributed by atoms with Crippen molar-refractivity contribution in [2.75, 3.05) is 53.4 Å². The summed E-state index contributed by atoms with van der Waals surface area (Å²) in [6.07, 6.45) is 4.83. The van der Waals surface area contributed by atoms with Crippen molar-refractivity contribution in [3.63, 3.8) is 0 Å². The molecular formula is C82H128N6O15. The van der Waals surface area contributed by atoms with Crippen molar-refractivity contribution in [3.05, 3.63) is 71.8 Å². The van der Waals surface area contributed by atoms with Gasteiger partial charge in [0.25, 0.3) is 0 Å². The Morgan fingerprint density at radius 1 is 0.379 bits per heavy atom. The molecule has 0 bridgehead atoms. The van der Waals surface area contributed by atoms with E-state index < -0.39 is 59.2 Å². The van der Waals surface area contributed by atoms with Crippen LogP contribution in [-0.4, -0.2) is 150 Å². The molecule has 0 spiro atoms. The van der Waals surface area contributed by atoms with E-state index >= 15 is 0 Å². The standard InChI is InChI=1S/C42H65N3O8.C40H63N3O7/c1-27(2)18-34(22-39(50)33(16-12-13-17-43)21-36(48)25-44-31(7)47)40(51)24-38(28(3)4)41(52)23-35(20-32-14-10-9-11-15-32)42(53)45(8)26-37(49)19-29(5)30(6)46;1-26(2)17-32(21-37(47)31(15-11-12-16-41)20-34(45)24-42)38(48)23-36(27(3)4)39(49)22-33(19-30-13-9-8-10-14-30)40(50)43(7)25-35(46)18-28(5)29(6)44/h9-11,14-15,27-29,33-35,38H,12-13,16-26,43H2,1-8H3,(H,44,47);8-10,13-14,26-28,31-33,36H,11-12,15-25,41-42H2,1-7H3. The first-order valence-electron chi connectivity index (χ1n) is 37.5. The number of unbranched alkanes of at least 4 members (excludes halogenated alkanes) is 2. The lowest BCUT2D eigenvalue weighted by Crippen LogP contribution is -2.40. The number of amides is 3. The van der Waals surface area contributed by atoms with Crippen LogP contribution in [0.4, 0.5) is 0 Å². The van der Waals surface area contributed by atoms with E-state index in [1.54, 1.807) is 13.8 Å². The molecule has 2 aromatic rings. The van der Waals surface area contributed by atoms with Crippen molar-refractivity contribution in [1.29, 1.82) is 0 Å². The summed E-state index contributed by atoms with van der Waals surface area (Å²) in [5.74, 6) is -9.71. The summed E-state index contributed by atoms with van der Waals surface area (Å²) in [5, 5.41) is 2.49. The zero-order chi connectivity index (χ0) is 78.2. The minimum atomic E-state index is -0.776. The Balaban J connectivity index is 0.00000103. The molecular weight excluding hydrogens is 1310 g/mol. The Hall–Kier alpha value is -7.23. The second-order valence-electron chi connectivity index (χ2n) is 30.6. The van der Waals surface area contributed by atoms with Crippen LogP contribution in [0.3, 0.4) is 0 Å². The number of hydrogen-bond donors (Lipinski definition) is 4. The lowest BCUT2D eigenvalue weighted by molar-refractivity contribution is -0.141. The van der Waals surface area contributed by atoms with Gasteiger partial charge in [-0.1, -0.05) is 143 Å². The van der Waals surface area contributed by atoms with Crippen LogP contribution in [0.2, 0.25) is 0 Å². The molecule has 3 amide bonds. The molecule has 576 valence electrons. The minimum Gasteiger partial charge on any atom is -0.349 e. The summed E-state index contributed by atoms with van der Waals surface area (Å²) in [5.41, 5.74) is 18.6. The molecule has 0 aliphatic carbocycles. The van der Waals surface area contributed by atoms with Crippen molar-refractivity contribution in [2.45, 2.75) is 218 Å². The third kappa shape index (κ3) is 38.4. The lowest BCUT2D eigenvalue weighted by Gasteiger charge is -2.27. The van der Waals surface area contributed by atoms with Gasteiger partial charge in [-0.25, -0.2) is 0 Å². The monoisotopic (exact) mass is 1440 g/mol. The Morgan fingerprint density at radius 2 is 0.709 bits per heavy atom. The zero-order valence-corrected chi connectivity index (χ0v) is 65.0. The van der Waals surface area contributed by atoms with Crippen molar-refractivity contribution >= 4 is 87.1 Å². The molecule has 21 heteroatoms. The fourth-order valence-corrected chi connectivity index (χ4v) is 13.1. The maximum Gasteiger partial charge on any atom is 0.226 e. The number of benzene rings is 2. The van der Waals surface area contributed by atoms with Gasteiger partial charge in [-0.3, -0.25) is 71.9 Å². The van der Waals surface area contributed by atoms with Crippen molar-refractivity contribution in [3.8, 4) is 0 Å². The van der Waals surface area contributed by atoms with Crippen LogP contribution in [0, 0.1) is 82.9 Å². The van der Waals surface area contributed by atoms with Crippen LogP contribution in [0.25, 0.3) is 0 Å². The van der Waals surface area contributed by atoms with Gasteiger partial charge in [-0.05, 0) is 113 Å². The predicted octanol–water partition coefficient (Wildman–Crippen LogP) is 10.1. The number of likely N-dealkylation sites (N-methyl/N-ethyl adjacent to an activating group) is 2. The molecule has 0 saturated carbocycles. The summed E-state index contributed by atoms with van der Waals surface area (Å²) >= 11 is 0. The summed E-state index contributed by atoms with van der Waals surface area (Å²) in [6.45, 7) is 23.2. The Morgan fingerprint density at radius 3 is 1.01 bits per heavy atom. The molecule has 0 aliphatic rings. The van der Waals surface area contributed by atoms with E-state index in [4.69, 9.17) is 17.2 Å². The summed E-state index contributed by atoms with van der Waals surface area (Å²) in [7, 11) is 3.05. The van der Waals surface area contributed by atoms with E-state index in [0.717, 1.165) is 17.5 Å². The molecule has 0 saturated heterocycles. The molecule has 0 fully saturated rings. The van der Waals surface area contributed by atoms with Gasteiger partial charge in [0.15, 0.2) is 17.3 Å². The number of ketones is 12. The molecule has 103 heavy (non-hydrogen) atoms. The fraction of sp³-hybridized carbons (Fsp3) is 0.671. The second kappa shape index (κ2) is 50.3. The van der Waals surface area contributed by atoms with Gasteiger partial charge in [-0.15, -0.1) is 0 Å². The predicted molar refractivity (Wildman–Crippen MR) is 402 cm³/mol. The third-order valence-electron chi connectivity index (χ3n) is 19.5. The number of rotatable bonds is 55. The van der Waals surface area contributed by atoms with E-state index in [2.05, 4.69) is 5.32 Å². The van der Waals surface area contributed by atoms with Crippen LogP contribution in [0.15, 0.2) is 60.7 Å². The molecule has 10 atom stereocenters. The lowest BCUT2D eigenvalue weighted by atomic mass is 9.77. The summed E-state index contributed by atoms with van der Waals surface area (Å²) in [4.78, 5) is 198. The topological polar surface area (TPSA) is 353 Å². The normalized spacial score (nSPS) is 14.3. The van der Waals surface area contributed by atoms with Gasteiger partial charge in [-0.2, -0.15) is 0 Å². The molecule has 0 radical (unpaired) electrons. The van der Waals surface area contributed by atoms with E-state index in [0.29, 0.717) is 58.0 Å². The summed E-state index contributed by atoms with van der Waals surface area (Å²) < 4.78 is 0. The van der Waals surface area contributed by atoms with Crippen molar-refractivity contribution < 1.29 is 71.9 Å². The van der Waals surface area contributed by atoms with E-state index in [-0.39, 0.29) is 214 Å². The zero-order valence-electron chi connectivity index (χ0n) is 65.0. The smallest absolute Gasteiger partial charge is 0.226 e. The number of Topliss-reactive ketones (excluding diaryl/α,β-unsaturated/α-hetero) is 12. The van der Waals surface area contributed by atoms with Gasteiger partial charge in [0, 0.05) is 144 Å². The molecule has 2 rings (SSSR count). The maximum absolute atomic E-state index is 14.1. The van der Waals surface area contributed by atoms with Gasteiger partial charge in [0.05, 0.1) is 26.2 Å². The number of hydrogen-bond acceptors (Lipinski definition) is 18. The first-order valence-corrected chi connectivity index (χ1v) is 37.5. The Labute approximate surface area is 615 Å². The van der Waals surface area contributed by atoms with Gasteiger partial charge < -0.3 is 32.3 Å². The molecule has 7 N–H and O–H groups in total. The highest BCUT2D eigenvalue weighted by Gasteiger charge is 2.38. The van der Waals surface area contributed by atoms with Crippen LogP contribution < -0.4 is 22.5 Å². The van der Waals surface area contributed by atoms with Gasteiger partial charge in [0.2, 0.25) is 17.7 Å². The van der Waals surface area contributed by atoms with Gasteiger partial charge in [0.1, 0.15) is 52.0 Å². The molecule has 0 aliphatic heterocycles. The van der Waals surface area contributed by atoms with E-state index in [1.807, 2.05) is 116 Å². The minimum absolute atomic E-state index is 0.00263. The molecule has 0 heterocycles. The molecule has 0 aromatic heterocycles. The van der Waals surface area contributed by atoms with Crippen LogP contribution in [0.1, 0.15) is 217 Å². The fourth-order valence-electron chi connectivity index (χ4n) is 13.1. The highest BCUT2D eigenvalue weighted by atomic mass is 16.2. The van der Waals surface area contributed by atoms with Crippen LogP contribution in [-0.2, 0) is 84.8 Å². The number of nitrogens with two attached hydrogens (primary N) is 3. The average molecular weight is 1440 g/mol. The molecule has 10 unspecified atom stereocenters. The number of nitrogens with one attached hydrogen (secondary N) is 1. The van der Waals surface area contributed by atoms with Gasteiger partial charge >= 0.3 is 0 Å². The SMILES string of the molecule is CC(=O)C(C)CC(=O)CN(C)C(=O)C(CC(=O)C(CC(=O)C(CC(=O)C(CCCCN)CC(=O)CN)CC(C)C)C(C)C)Cc1ccccc1.CC(=O)NCC(=O)CC(CCCCN)C(=O)CC(CC(C)C)C(=O)CC(C(=O)CC(Cc1ccccc1)C(=O)N(C)CC(=O)CC(C)C(C)=O)C(C)C. The highest BCUT2D eigenvalue weighted by molar-refractivity contribution is 5.98. The van der Waals surface area contributed by atoms with Crippen molar-refractivity contribution in [1.82, 2.24) is 15.1 Å².